The average Bonchev–Trinajstić information content (AvgIpc) is 2.15. The Kier molecular flexibility index (Phi) is 4.58. The Morgan fingerprint density at radius 1 is 1.50 bits per heavy atom. The smallest absolute Gasteiger partial charge is 0.0591 e. The lowest BCUT2D eigenvalue weighted by atomic mass is 9.93. The summed E-state index contributed by atoms with van der Waals surface area (Å²) in [5.74, 6) is 0.297. The van der Waals surface area contributed by atoms with Crippen LogP contribution in [-0.2, 0) is 4.74 Å². The molecule has 0 radical (unpaired) electrons. The molecule has 72 valence electrons. The maximum absolute atomic E-state index is 9.61. The summed E-state index contributed by atoms with van der Waals surface area (Å²) in [7, 11) is 0. The van der Waals surface area contributed by atoms with Gasteiger partial charge in [0.2, 0.25) is 0 Å². The molecule has 3 nitrogen and oxygen atoms in total. The highest BCUT2D eigenvalue weighted by atomic mass is 16.5. The average molecular weight is 174 g/mol. The maximum atomic E-state index is 9.61. The van der Waals surface area contributed by atoms with Crippen molar-refractivity contribution in [1.82, 2.24) is 0 Å². The largest absolute Gasteiger partial charge is 0.396 e. The summed E-state index contributed by atoms with van der Waals surface area (Å²) in [5.41, 5.74) is 0. The lowest BCUT2D eigenvalue weighted by molar-refractivity contribution is -0.0137. The second kappa shape index (κ2) is 5.51. The first-order chi connectivity index (χ1) is 5.84. The first kappa shape index (κ1) is 9.96. The van der Waals surface area contributed by atoms with Crippen LogP contribution in [0.5, 0.6) is 0 Å². The zero-order chi connectivity index (χ0) is 8.81. The molecule has 0 aromatic carbocycles. The first-order valence-corrected chi connectivity index (χ1v) is 4.71. The van der Waals surface area contributed by atoms with Gasteiger partial charge in [0.25, 0.3) is 0 Å². The van der Waals surface area contributed by atoms with Crippen molar-refractivity contribution in [2.75, 3.05) is 19.8 Å². The van der Waals surface area contributed by atoms with Crippen LogP contribution in [0.2, 0.25) is 0 Å². The molecule has 0 spiro atoms. The lowest BCUT2D eigenvalue weighted by Crippen LogP contribution is -2.29. The molecule has 2 atom stereocenters. The van der Waals surface area contributed by atoms with Gasteiger partial charge in [-0.3, -0.25) is 0 Å². The SMILES string of the molecule is OCCCC(O)C1CCCOC1. The summed E-state index contributed by atoms with van der Waals surface area (Å²) in [6.07, 6.45) is 3.23. The van der Waals surface area contributed by atoms with Crippen LogP contribution in [0.15, 0.2) is 0 Å². The molecule has 0 aromatic rings. The molecule has 3 heteroatoms. The highest BCUT2D eigenvalue weighted by Gasteiger charge is 2.21. The van der Waals surface area contributed by atoms with Gasteiger partial charge in [-0.1, -0.05) is 0 Å². The second-order valence-corrected chi connectivity index (χ2v) is 3.41. The minimum Gasteiger partial charge on any atom is -0.396 e. The Bertz CT molecular complexity index is 110. The van der Waals surface area contributed by atoms with Crippen LogP contribution in [0.1, 0.15) is 25.7 Å². The zero-order valence-electron chi connectivity index (χ0n) is 7.41. The van der Waals surface area contributed by atoms with Crippen molar-refractivity contribution in [3.63, 3.8) is 0 Å². The molecular formula is C9H18O3. The van der Waals surface area contributed by atoms with Gasteiger partial charge in [-0.25, -0.2) is 0 Å². The molecule has 12 heavy (non-hydrogen) atoms. The number of rotatable bonds is 4. The van der Waals surface area contributed by atoms with Crippen LogP contribution in [0.25, 0.3) is 0 Å². The van der Waals surface area contributed by atoms with E-state index in [0.29, 0.717) is 25.4 Å². The summed E-state index contributed by atoms with van der Waals surface area (Å²) in [5, 5.41) is 18.2. The maximum Gasteiger partial charge on any atom is 0.0591 e. The summed E-state index contributed by atoms with van der Waals surface area (Å²) < 4.78 is 5.26. The normalized spacial score (nSPS) is 27.0. The van der Waals surface area contributed by atoms with E-state index >= 15 is 0 Å². The van der Waals surface area contributed by atoms with E-state index in [4.69, 9.17) is 9.84 Å². The van der Waals surface area contributed by atoms with Crippen molar-refractivity contribution in [3.05, 3.63) is 0 Å². The summed E-state index contributed by atoms with van der Waals surface area (Å²) in [6, 6.07) is 0. The van der Waals surface area contributed by atoms with Crippen LogP contribution in [0.4, 0.5) is 0 Å². The van der Waals surface area contributed by atoms with Gasteiger partial charge in [0, 0.05) is 19.1 Å². The van der Waals surface area contributed by atoms with Crippen molar-refractivity contribution in [2.24, 2.45) is 5.92 Å². The Labute approximate surface area is 73.4 Å². The van der Waals surface area contributed by atoms with E-state index in [1.165, 1.54) is 0 Å². The van der Waals surface area contributed by atoms with Crippen molar-refractivity contribution in [1.29, 1.82) is 0 Å². The van der Waals surface area contributed by atoms with Gasteiger partial charge < -0.3 is 14.9 Å². The predicted molar refractivity (Wildman–Crippen MR) is 45.9 cm³/mol. The van der Waals surface area contributed by atoms with E-state index in [2.05, 4.69) is 0 Å². The standard InChI is InChI=1S/C9H18O3/c10-5-1-4-9(11)8-3-2-6-12-7-8/h8-11H,1-7H2. The van der Waals surface area contributed by atoms with Gasteiger partial charge in [-0.05, 0) is 25.7 Å². The summed E-state index contributed by atoms with van der Waals surface area (Å²) in [4.78, 5) is 0. The molecule has 0 saturated carbocycles. The van der Waals surface area contributed by atoms with Crippen LogP contribution in [0, 0.1) is 5.92 Å². The van der Waals surface area contributed by atoms with Crippen molar-refractivity contribution < 1.29 is 14.9 Å². The van der Waals surface area contributed by atoms with Crippen LogP contribution in [0.3, 0.4) is 0 Å². The molecule has 1 heterocycles. The molecule has 1 rings (SSSR count). The number of ether oxygens (including phenoxy) is 1. The molecule has 1 aliphatic heterocycles. The molecule has 2 unspecified atom stereocenters. The van der Waals surface area contributed by atoms with E-state index in [0.717, 1.165) is 19.4 Å². The minimum atomic E-state index is -0.280. The van der Waals surface area contributed by atoms with Crippen molar-refractivity contribution in [2.45, 2.75) is 31.8 Å². The van der Waals surface area contributed by atoms with E-state index in [1.54, 1.807) is 0 Å². The highest BCUT2D eigenvalue weighted by Crippen LogP contribution is 2.19. The number of hydrogen-bond donors (Lipinski definition) is 2. The monoisotopic (exact) mass is 174 g/mol. The third-order valence-electron chi connectivity index (χ3n) is 2.40. The van der Waals surface area contributed by atoms with E-state index in [-0.39, 0.29) is 12.7 Å². The van der Waals surface area contributed by atoms with Gasteiger partial charge >= 0.3 is 0 Å². The van der Waals surface area contributed by atoms with E-state index in [1.807, 2.05) is 0 Å². The minimum absolute atomic E-state index is 0.171. The zero-order valence-corrected chi connectivity index (χ0v) is 7.41. The van der Waals surface area contributed by atoms with Gasteiger partial charge in [-0.15, -0.1) is 0 Å². The fourth-order valence-electron chi connectivity index (χ4n) is 1.61. The van der Waals surface area contributed by atoms with Crippen LogP contribution in [-0.4, -0.2) is 36.1 Å². The molecule has 1 saturated heterocycles. The quantitative estimate of drug-likeness (QED) is 0.654. The number of aliphatic hydroxyl groups is 2. The van der Waals surface area contributed by atoms with Gasteiger partial charge in [0.05, 0.1) is 12.7 Å². The Morgan fingerprint density at radius 3 is 2.92 bits per heavy atom. The van der Waals surface area contributed by atoms with Crippen molar-refractivity contribution >= 4 is 0 Å². The highest BCUT2D eigenvalue weighted by molar-refractivity contribution is 4.71. The van der Waals surface area contributed by atoms with Crippen LogP contribution < -0.4 is 0 Å². The lowest BCUT2D eigenvalue weighted by Gasteiger charge is -2.26. The second-order valence-electron chi connectivity index (χ2n) is 3.41. The van der Waals surface area contributed by atoms with Gasteiger partial charge in [0.15, 0.2) is 0 Å². The number of hydrogen-bond acceptors (Lipinski definition) is 3. The Morgan fingerprint density at radius 2 is 2.33 bits per heavy atom. The third kappa shape index (κ3) is 3.09. The Hall–Kier alpha value is -0.120. The first-order valence-electron chi connectivity index (χ1n) is 4.71. The van der Waals surface area contributed by atoms with Gasteiger partial charge in [0.1, 0.15) is 0 Å². The predicted octanol–water partition coefficient (Wildman–Crippen LogP) is 0.546. The van der Waals surface area contributed by atoms with E-state index in [9.17, 15) is 5.11 Å². The molecule has 1 fully saturated rings. The molecule has 1 aliphatic rings. The molecular weight excluding hydrogens is 156 g/mol. The van der Waals surface area contributed by atoms with Gasteiger partial charge in [-0.2, -0.15) is 0 Å². The Balaban J connectivity index is 2.15. The summed E-state index contributed by atoms with van der Waals surface area (Å²) >= 11 is 0. The van der Waals surface area contributed by atoms with Crippen LogP contribution >= 0.6 is 0 Å². The molecule has 0 bridgehead atoms. The molecule has 2 N–H and O–H groups in total. The third-order valence-corrected chi connectivity index (χ3v) is 2.40. The van der Waals surface area contributed by atoms with E-state index < -0.39 is 0 Å². The van der Waals surface area contributed by atoms with Crippen molar-refractivity contribution in [3.8, 4) is 0 Å². The molecule has 0 aliphatic carbocycles. The topological polar surface area (TPSA) is 49.7 Å². The molecule has 0 amide bonds. The molecule has 0 aromatic heterocycles. The number of aliphatic hydroxyl groups excluding tert-OH is 2. The fraction of sp³-hybridized carbons (Fsp3) is 1.00. The fourth-order valence-corrected chi connectivity index (χ4v) is 1.61. The summed E-state index contributed by atoms with van der Waals surface area (Å²) in [6.45, 7) is 1.69.